The van der Waals surface area contributed by atoms with Gasteiger partial charge in [-0.2, -0.15) is 5.10 Å². The first-order valence-electron chi connectivity index (χ1n) is 10.6. The van der Waals surface area contributed by atoms with Crippen molar-refractivity contribution in [3.8, 4) is 5.75 Å². The molecule has 158 valence electrons. The van der Waals surface area contributed by atoms with Crippen LogP contribution >= 0.6 is 0 Å². The molecule has 0 radical (unpaired) electrons. The van der Waals surface area contributed by atoms with Crippen molar-refractivity contribution >= 4 is 27.6 Å². The van der Waals surface area contributed by atoms with Gasteiger partial charge in [0.15, 0.2) is 0 Å². The number of aromatic nitrogens is 3. The molecule has 0 spiro atoms. The van der Waals surface area contributed by atoms with Crippen LogP contribution in [0, 0.1) is 0 Å². The van der Waals surface area contributed by atoms with E-state index in [0.717, 1.165) is 47.7 Å². The van der Waals surface area contributed by atoms with Crippen molar-refractivity contribution in [3.63, 3.8) is 0 Å². The lowest BCUT2D eigenvalue weighted by molar-refractivity contribution is 0.0946. The summed E-state index contributed by atoms with van der Waals surface area (Å²) in [7, 11) is 1.61. The monoisotopic (exact) mass is 416 g/mol. The molecule has 4 aromatic rings. The third kappa shape index (κ3) is 3.56. The zero-order valence-electron chi connectivity index (χ0n) is 17.4. The number of fused-ring (bicyclic) bond motifs is 2. The van der Waals surface area contributed by atoms with Crippen molar-refractivity contribution in [2.75, 3.05) is 7.11 Å². The summed E-state index contributed by atoms with van der Waals surface area (Å²) < 4.78 is 6.88. The van der Waals surface area contributed by atoms with E-state index in [0.29, 0.717) is 16.8 Å². The van der Waals surface area contributed by atoms with Crippen molar-refractivity contribution in [3.05, 3.63) is 70.3 Å². The fraction of sp³-hybridized carbons (Fsp3) is 0.292. The van der Waals surface area contributed by atoms with E-state index in [4.69, 9.17) is 4.74 Å². The molecule has 1 amide bonds. The van der Waals surface area contributed by atoms with Gasteiger partial charge in [0.1, 0.15) is 11.4 Å². The number of nitrogens with zero attached hydrogens (tertiary/aromatic N) is 2. The number of carbonyl (C=O) groups is 1. The molecular formula is C24H24N4O3. The predicted molar refractivity (Wildman–Crippen MR) is 120 cm³/mol. The van der Waals surface area contributed by atoms with Gasteiger partial charge in [0.2, 0.25) is 0 Å². The zero-order valence-corrected chi connectivity index (χ0v) is 17.4. The molecule has 2 N–H and O–H groups in total. The van der Waals surface area contributed by atoms with Gasteiger partial charge in [-0.3, -0.25) is 9.59 Å². The van der Waals surface area contributed by atoms with Crippen LogP contribution in [0.2, 0.25) is 0 Å². The average molecular weight is 416 g/mol. The van der Waals surface area contributed by atoms with E-state index in [2.05, 4.69) is 15.4 Å². The number of carbonyl (C=O) groups excluding carboxylic acids is 1. The van der Waals surface area contributed by atoms with E-state index in [1.165, 1.54) is 0 Å². The summed E-state index contributed by atoms with van der Waals surface area (Å²) in [6.07, 6.45) is 4.16. The van der Waals surface area contributed by atoms with Crippen LogP contribution in [0.25, 0.3) is 21.7 Å². The van der Waals surface area contributed by atoms with E-state index in [1.807, 2.05) is 48.5 Å². The molecule has 0 aliphatic heterocycles. The highest BCUT2D eigenvalue weighted by molar-refractivity contribution is 5.98. The SMILES string of the molecule is COc1ccc2cc(C(=O)NCc3nn(C4CCCC4)c(=O)c4ccccc34)[nH]c2c1. The standard InChI is InChI=1S/C24H24N4O3/c1-31-17-11-10-15-12-21(26-20(15)13-17)23(29)25-14-22-18-8-4-5-9-19(18)24(30)28(27-22)16-6-2-3-7-16/h4-5,8-13,16,26H,2-3,6-7,14H2,1H3,(H,25,29). The minimum absolute atomic E-state index is 0.0536. The highest BCUT2D eigenvalue weighted by atomic mass is 16.5. The normalized spacial score (nSPS) is 14.4. The number of amides is 1. The lowest BCUT2D eigenvalue weighted by atomic mass is 10.1. The molecule has 0 atom stereocenters. The van der Waals surface area contributed by atoms with Crippen LogP contribution in [-0.4, -0.2) is 27.8 Å². The summed E-state index contributed by atoms with van der Waals surface area (Å²) in [5.74, 6) is 0.505. The van der Waals surface area contributed by atoms with Gasteiger partial charge in [0.25, 0.3) is 11.5 Å². The number of H-pyrrole nitrogens is 1. The summed E-state index contributed by atoms with van der Waals surface area (Å²) in [6, 6.07) is 15.1. The van der Waals surface area contributed by atoms with Crippen molar-refractivity contribution < 1.29 is 9.53 Å². The molecule has 1 saturated carbocycles. The van der Waals surface area contributed by atoms with Gasteiger partial charge in [-0.15, -0.1) is 0 Å². The van der Waals surface area contributed by atoms with E-state index in [9.17, 15) is 9.59 Å². The number of hydrogen-bond acceptors (Lipinski definition) is 4. The molecule has 2 aromatic heterocycles. The van der Waals surface area contributed by atoms with E-state index in [-0.39, 0.29) is 24.1 Å². The number of ether oxygens (including phenoxy) is 1. The van der Waals surface area contributed by atoms with Crippen LogP contribution in [0.3, 0.4) is 0 Å². The molecule has 2 aromatic carbocycles. The Morgan fingerprint density at radius 1 is 1.16 bits per heavy atom. The maximum atomic E-state index is 13.0. The Morgan fingerprint density at radius 3 is 2.71 bits per heavy atom. The molecule has 1 aliphatic rings. The van der Waals surface area contributed by atoms with Crippen molar-refractivity contribution in [2.24, 2.45) is 0 Å². The number of hydrogen-bond donors (Lipinski definition) is 2. The molecular weight excluding hydrogens is 392 g/mol. The Bertz CT molecular complexity index is 1330. The van der Waals surface area contributed by atoms with Gasteiger partial charge in [-0.25, -0.2) is 4.68 Å². The first-order chi connectivity index (χ1) is 15.1. The molecule has 7 heteroatoms. The Balaban J connectivity index is 1.44. The quantitative estimate of drug-likeness (QED) is 0.516. The molecule has 0 saturated heterocycles. The fourth-order valence-electron chi connectivity index (χ4n) is 4.42. The highest BCUT2D eigenvalue weighted by Gasteiger charge is 2.21. The fourth-order valence-corrected chi connectivity index (χ4v) is 4.42. The van der Waals surface area contributed by atoms with Gasteiger partial charge in [0, 0.05) is 22.4 Å². The number of aromatic amines is 1. The molecule has 1 fully saturated rings. The number of benzene rings is 2. The third-order valence-electron chi connectivity index (χ3n) is 6.07. The van der Waals surface area contributed by atoms with E-state index in [1.54, 1.807) is 11.8 Å². The second kappa shape index (κ2) is 7.91. The van der Waals surface area contributed by atoms with Crippen LogP contribution in [0.5, 0.6) is 5.75 Å². The summed E-state index contributed by atoms with van der Waals surface area (Å²) >= 11 is 0. The van der Waals surface area contributed by atoms with Gasteiger partial charge in [0.05, 0.1) is 30.8 Å². The van der Waals surface area contributed by atoms with Gasteiger partial charge >= 0.3 is 0 Å². The predicted octanol–water partition coefficient (Wildman–Crippen LogP) is 3.93. The summed E-state index contributed by atoms with van der Waals surface area (Å²) in [4.78, 5) is 28.9. The Kier molecular flexibility index (Phi) is 4.94. The number of rotatable bonds is 5. The number of methoxy groups -OCH3 is 1. The Labute approximate surface area is 179 Å². The zero-order chi connectivity index (χ0) is 21.4. The second-order valence-electron chi connectivity index (χ2n) is 8.00. The molecule has 0 bridgehead atoms. The Hall–Kier alpha value is -3.61. The van der Waals surface area contributed by atoms with Crippen molar-refractivity contribution in [2.45, 2.75) is 38.3 Å². The van der Waals surface area contributed by atoms with Gasteiger partial charge < -0.3 is 15.0 Å². The first-order valence-corrected chi connectivity index (χ1v) is 10.6. The lowest BCUT2D eigenvalue weighted by Gasteiger charge is -2.16. The average Bonchev–Trinajstić information content (AvgIpc) is 3.48. The molecule has 5 rings (SSSR count). The first kappa shape index (κ1) is 19.4. The second-order valence-corrected chi connectivity index (χ2v) is 8.00. The maximum Gasteiger partial charge on any atom is 0.274 e. The smallest absolute Gasteiger partial charge is 0.274 e. The lowest BCUT2D eigenvalue weighted by Crippen LogP contribution is -2.30. The van der Waals surface area contributed by atoms with Crippen LogP contribution in [0.15, 0.2) is 53.3 Å². The topological polar surface area (TPSA) is 89.0 Å². The van der Waals surface area contributed by atoms with Crippen LogP contribution in [0.1, 0.15) is 47.9 Å². The largest absolute Gasteiger partial charge is 0.497 e. The highest BCUT2D eigenvalue weighted by Crippen LogP contribution is 2.28. The van der Waals surface area contributed by atoms with Crippen molar-refractivity contribution in [1.82, 2.24) is 20.1 Å². The summed E-state index contributed by atoms with van der Waals surface area (Å²) in [5, 5.41) is 9.99. The molecule has 0 unspecified atom stereocenters. The summed E-state index contributed by atoms with van der Waals surface area (Å²) in [5.41, 5.74) is 1.95. The Morgan fingerprint density at radius 2 is 1.94 bits per heavy atom. The van der Waals surface area contributed by atoms with E-state index >= 15 is 0 Å². The molecule has 1 aliphatic carbocycles. The maximum absolute atomic E-state index is 13.0. The summed E-state index contributed by atoms with van der Waals surface area (Å²) in [6.45, 7) is 0.241. The van der Waals surface area contributed by atoms with Crippen molar-refractivity contribution in [1.29, 1.82) is 0 Å². The van der Waals surface area contributed by atoms with E-state index < -0.39 is 0 Å². The molecule has 7 nitrogen and oxygen atoms in total. The third-order valence-corrected chi connectivity index (χ3v) is 6.07. The van der Waals surface area contributed by atoms with Crippen LogP contribution < -0.4 is 15.6 Å². The molecule has 31 heavy (non-hydrogen) atoms. The van der Waals surface area contributed by atoms with Crippen LogP contribution in [0.4, 0.5) is 0 Å². The molecule has 2 heterocycles. The minimum atomic E-state index is -0.223. The van der Waals surface area contributed by atoms with Gasteiger partial charge in [-0.05, 0) is 37.1 Å². The number of nitrogens with one attached hydrogen (secondary N) is 2. The van der Waals surface area contributed by atoms with Gasteiger partial charge in [-0.1, -0.05) is 31.0 Å². The minimum Gasteiger partial charge on any atom is -0.497 e. The van der Waals surface area contributed by atoms with Crippen LogP contribution in [-0.2, 0) is 6.54 Å².